The summed E-state index contributed by atoms with van der Waals surface area (Å²) in [6.45, 7) is 6.33. The van der Waals surface area contributed by atoms with E-state index in [0.29, 0.717) is 6.54 Å². The molecule has 1 aromatic rings. The van der Waals surface area contributed by atoms with Crippen LogP contribution in [0.3, 0.4) is 0 Å². The highest BCUT2D eigenvalue weighted by atomic mass is 16.2. The molecule has 0 bridgehead atoms. The minimum Gasteiger partial charge on any atom is -0.339 e. The number of carbonyl (C=O) groups is 1. The summed E-state index contributed by atoms with van der Waals surface area (Å²) in [4.78, 5) is 14.5. The van der Waals surface area contributed by atoms with E-state index in [1.165, 1.54) is 6.42 Å². The standard InChI is InChI=1S/C18H24N2O/c1-3-15-8-11-20(12-9-15)18(21)17-7-6-16(5-4-10-19)14(2)13-17/h6-7,13,15H,3,8-12,19H2,1-2H3. The molecule has 1 heterocycles. The third-order valence-corrected chi connectivity index (χ3v) is 4.28. The Hall–Kier alpha value is -1.79. The summed E-state index contributed by atoms with van der Waals surface area (Å²) in [5.41, 5.74) is 8.13. The molecule has 0 spiro atoms. The van der Waals surface area contributed by atoms with E-state index >= 15 is 0 Å². The van der Waals surface area contributed by atoms with E-state index in [4.69, 9.17) is 5.73 Å². The van der Waals surface area contributed by atoms with Gasteiger partial charge in [0, 0.05) is 24.2 Å². The van der Waals surface area contributed by atoms with Crippen LogP contribution in [-0.2, 0) is 0 Å². The highest BCUT2D eigenvalue weighted by Gasteiger charge is 2.22. The summed E-state index contributed by atoms with van der Waals surface area (Å²) in [6, 6.07) is 5.74. The highest BCUT2D eigenvalue weighted by Crippen LogP contribution is 2.22. The van der Waals surface area contributed by atoms with Crippen LogP contribution in [0.2, 0.25) is 0 Å². The zero-order chi connectivity index (χ0) is 15.2. The van der Waals surface area contributed by atoms with Crippen molar-refractivity contribution in [3.8, 4) is 11.8 Å². The van der Waals surface area contributed by atoms with Gasteiger partial charge in [-0.3, -0.25) is 4.79 Å². The molecule has 0 radical (unpaired) electrons. The summed E-state index contributed by atoms with van der Waals surface area (Å²) in [7, 11) is 0. The van der Waals surface area contributed by atoms with Crippen molar-refractivity contribution in [1.82, 2.24) is 4.90 Å². The van der Waals surface area contributed by atoms with Gasteiger partial charge in [-0.05, 0) is 49.4 Å². The number of likely N-dealkylation sites (tertiary alicyclic amines) is 1. The van der Waals surface area contributed by atoms with Gasteiger partial charge in [0.1, 0.15) is 0 Å². The smallest absolute Gasteiger partial charge is 0.253 e. The van der Waals surface area contributed by atoms with Gasteiger partial charge in [0.2, 0.25) is 0 Å². The summed E-state index contributed by atoms with van der Waals surface area (Å²) in [6.07, 6.45) is 3.47. The Morgan fingerprint density at radius 1 is 1.38 bits per heavy atom. The maximum Gasteiger partial charge on any atom is 0.253 e. The molecule has 0 atom stereocenters. The zero-order valence-corrected chi connectivity index (χ0v) is 13.0. The average molecular weight is 284 g/mol. The van der Waals surface area contributed by atoms with Crippen LogP contribution in [0, 0.1) is 24.7 Å². The van der Waals surface area contributed by atoms with Gasteiger partial charge in [-0.2, -0.15) is 0 Å². The fourth-order valence-electron chi connectivity index (χ4n) is 2.81. The molecule has 0 aliphatic carbocycles. The van der Waals surface area contributed by atoms with Crippen molar-refractivity contribution in [3.05, 3.63) is 34.9 Å². The molecule has 2 rings (SSSR count). The van der Waals surface area contributed by atoms with E-state index in [-0.39, 0.29) is 5.91 Å². The Bertz CT molecular complexity index is 560. The van der Waals surface area contributed by atoms with Gasteiger partial charge >= 0.3 is 0 Å². The quantitative estimate of drug-likeness (QED) is 0.848. The van der Waals surface area contributed by atoms with E-state index < -0.39 is 0 Å². The van der Waals surface area contributed by atoms with Crippen LogP contribution in [0.5, 0.6) is 0 Å². The molecular formula is C18H24N2O. The molecule has 21 heavy (non-hydrogen) atoms. The van der Waals surface area contributed by atoms with E-state index in [9.17, 15) is 4.79 Å². The van der Waals surface area contributed by atoms with E-state index in [1.807, 2.05) is 30.0 Å². The molecule has 1 saturated heterocycles. The average Bonchev–Trinajstić information content (AvgIpc) is 2.53. The molecule has 2 N–H and O–H groups in total. The van der Waals surface area contributed by atoms with Gasteiger partial charge in [-0.25, -0.2) is 0 Å². The molecule has 3 nitrogen and oxygen atoms in total. The Balaban J connectivity index is 2.08. The van der Waals surface area contributed by atoms with Crippen molar-refractivity contribution in [2.45, 2.75) is 33.1 Å². The first-order chi connectivity index (χ1) is 10.2. The maximum atomic E-state index is 12.5. The van der Waals surface area contributed by atoms with Crippen molar-refractivity contribution in [2.24, 2.45) is 11.7 Å². The van der Waals surface area contributed by atoms with Crippen LogP contribution in [0.25, 0.3) is 0 Å². The predicted octanol–water partition coefficient (Wildman–Crippen LogP) is 2.57. The first-order valence-corrected chi connectivity index (χ1v) is 7.74. The normalized spacial score (nSPS) is 15.5. The number of amides is 1. The SMILES string of the molecule is CCC1CCN(C(=O)c2ccc(C#CCN)c(C)c2)CC1. The van der Waals surface area contributed by atoms with Crippen molar-refractivity contribution in [2.75, 3.05) is 19.6 Å². The number of nitrogens with zero attached hydrogens (tertiary/aromatic N) is 1. The lowest BCUT2D eigenvalue weighted by Gasteiger charge is -2.31. The molecule has 1 aliphatic rings. The number of nitrogens with two attached hydrogens (primary N) is 1. The van der Waals surface area contributed by atoms with Gasteiger partial charge in [0.15, 0.2) is 0 Å². The molecule has 1 aliphatic heterocycles. The lowest BCUT2D eigenvalue weighted by molar-refractivity contribution is 0.0688. The summed E-state index contributed by atoms with van der Waals surface area (Å²) in [5.74, 6) is 6.81. The lowest BCUT2D eigenvalue weighted by Crippen LogP contribution is -2.38. The largest absolute Gasteiger partial charge is 0.339 e. The fraction of sp³-hybridized carbons (Fsp3) is 0.500. The van der Waals surface area contributed by atoms with Crippen LogP contribution in [0.1, 0.15) is 47.7 Å². The first kappa shape index (κ1) is 15.6. The number of benzene rings is 1. The Morgan fingerprint density at radius 3 is 2.67 bits per heavy atom. The summed E-state index contributed by atoms with van der Waals surface area (Å²) < 4.78 is 0. The van der Waals surface area contributed by atoms with Crippen molar-refractivity contribution >= 4 is 5.91 Å². The maximum absolute atomic E-state index is 12.5. The number of hydrogen-bond donors (Lipinski definition) is 1. The van der Waals surface area contributed by atoms with Crippen LogP contribution in [0.15, 0.2) is 18.2 Å². The van der Waals surface area contributed by atoms with E-state index in [2.05, 4.69) is 18.8 Å². The van der Waals surface area contributed by atoms with Gasteiger partial charge < -0.3 is 10.6 Å². The topological polar surface area (TPSA) is 46.3 Å². The molecule has 1 fully saturated rings. The van der Waals surface area contributed by atoms with Crippen molar-refractivity contribution in [3.63, 3.8) is 0 Å². The number of carbonyl (C=O) groups excluding carboxylic acids is 1. The van der Waals surface area contributed by atoms with Crippen molar-refractivity contribution < 1.29 is 4.79 Å². The van der Waals surface area contributed by atoms with Gasteiger partial charge in [0.05, 0.1) is 6.54 Å². The third kappa shape index (κ3) is 3.86. The molecule has 0 unspecified atom stereocenters. The van der Waals surface area contributed by atoms with Gasteiger partial charge in [-0.15, -0.1) is 0 Å². The van der Waals surface area contributed by atoms with Gasteiger partial charge in [0.25, 0.3) is 5.91 Å². The summed E-state index contributed by atoms with van der Waals surface area (Å²) in [5, 5.41) is 0. The van der Waals surface area contributed by atoms with Crippen LogP contribution in [0.4, 0.5) is 0 Å². The molecule has 112 valence electrons. The molecular weight excluding hydrogens is 260 g/mol. The zero-order valence-electron chi connectivity index (χ0n) is 13.0. The third-order valence-electron chi connectivity index (χ3n) is 4.28. The lowest BCUT2D eigenvalue weighted by atomic mass is 9.94. The Labute approximate surface area is 127 Å². The Kier molecular flexibility index (Phi) is 5.41. The Morgan fingerprint density at radius 2 is 2.10 bits per heavy atom. The first-order valence-electron chi connectivity index (χ1n) is 7.74. The molecule has 1 aromatic carbocycles. The van der Waals surface area contributed by atoms with Crippen molar-refractivity contribution in [1.29, 1.82) is 0 Å². The summed E-state index contributed by atoms with van der Waals surface area (Å²) >= 11 is 0. The molecule has 1 amide bonds. The monoisotopic (exact) mass is 284 g/mol. The van der Waals surface area contributed by atoms with Crippen LogP contribution >= 0.6 is 0 Å². The van der Waals surface area contributed by atoms with Crippen LogP contribution in [-0.4, -0.2) is 30.4 Å². The number of hydrogen-bond acceptors (Lipinski definition) is 2. The molecule has 0 aromatic heterocycles. The minimum absolute atomic E-state index is 0.144. The number of aryl methyl sites for hydroxylation is 1. The van der Waals surface area contributed by atoms with E-state index in [1.54, 1.807) is 0 Å². The minimum atomic E-state index is 0.144. The second kappa shape index (κ2) is 7.28. The van der Waals surface area contributed by atoms with Gasteiger partial charge in [-0.1, -0.05) is 25.2 Å². The number of piperidine rings is 1. The predicted molar refractivity (Wildman–Crippen MR) is 86.0 cm³/mol. The second-order valence-electron chi connectivity index (χ2n) is 5.68. The molecule has 3 heteroatoms. The highest BCUT2D eigenvalue weighted by molar-refractivity contribution is 5.94. The van der Waals surface area contributed by atoms with Crippen LogP contribution < -0.4 is 5.73 Å². The number of rotatable bonds is 2. The van der Waals surface area contributed by atoms with E-state index in [0.717, 1.165) is 48.5 Å². The fourth-order valence-corrected chi connectivity index (χ4v) is 2.81. The molecule has 0 saturated carbocycles. The second-order valence-corrected chi connectivity index (χ2v) is 5.68.